The van der Waals surface area contributed by atoms with E-state index in [-0.39, 0.29) is 0 Å². The molecule has 0 unspecified atom stereocenters. The first-order chi connectivity index (χ1) is 8.18. The third-order valence-corrected chi connectivity index (χ3v) is 3.03. The van der Waals surface area contributed by atoms with Gasteiger partial charge in [-0.15, -0.1) is 0 Å². The Bertz CT molecular complexity index is 130. The van der Waals surface area contributed by atoms with E-state index >= 15 is 0 Å². The Morgan fingerprint density at radius 1 is 0.647 bits per heavy atom. The predicted octanol–water partition coefficient (Wildman–Crippen LogP) is 6.90. The van der Waals surface area contributed by atoms with Crippen molar-refractivity contribution >= 4 is 0 Å². The third kappa shape index (κ3) is 25.8. The van der Waals surface area contributed by atoms with Gasteiger partial charge in [0.1, 0.15) is 0 Å². The Labute approximate surface area is 111 Å². The first-order valence-corrected chi connectivity index (χ1v) is 7.78. The topological polar surface area (TPSA) is 0 Å². The van der Waals surface area contributed by atoms with Crippen LogP contribution < -0.4 is 0 Å². The molecular weight excluding hydrogens is 204 g/mol. The van der Waals surface area contributed by atoms with Crippen LogP contribution in [0.1, 0.15) is 98.8 Å². The second-order valence-corrected chi connectivity index (χ2v) is 5.19. The zero-order chi connectivity index (χ0) is 13.4. The minimum atomic E-state index is 1.37. The summed E-state index contributed by atoms with van der Waals surface area (Å²) in [5.74, 6) is 0. The zero-order valence-electron chi connectivity index (χ0n) is 13.1. The average molecular weight is 240 g/mol. The van der Waals surface area contributed by atoms with Crippen molar-refractivity contribution in [3.05, 3.63) is 11.6 Å². The lowest BCUT2D eigenvalue weighted by Gasteiger charge is -1.99. The van der Waals surface area contributed by atoms with Crippen LogP contribution in [0.2, 0.25) is 0 Å². The van der Waals surface area contributed by atoms with Gasteiger partial charge in [0.25, 0.3) is 0 Å². The first kappa shape index (κ1) is 19.1. The highest BCUT2D eigenvalue weighted by Crippen LogP contribution is 2.09. The lowest BCUT2D eigenvalue weighted by molar-refractivity contribution is 0.562. The van der Waals surface area contributed by atoms with Crippen molar-refractivity contribution in [3.63, 3.8) is 0 Å². The molecule has 0 amide bonds. The Balaban J connectivity index is 0. The molecule has 0 N–H and O–H groups in total. The molecule has 104 valence electrons. The molecule has 0 spiro atoms. The Morgan fingerprint density at radius 3 is 1.06 bits per heavy atom. The Morgan fingerprint density at radius 2 is 0.882 bits per heavy atom. The van der Waals surface area contributed by atoms with Gasteiger partial charge in [0.15, 0.2) is 0 Å². The van der Waals surface area contributed by atoms with Crippen LogP contribution >= 0.6 is 0 Å². The molecule has 0 rings (SSSR count). The normalized spacial score (nSPS) is 9.47. The van der Waals surface area contributed by atoms with Crippen LogP contribution in [0.25, 0.3) is 0 Å². The molecule has 0 aliphatic heterocycles. The minimum absolute atomic E-state index is 1.37. The molecule has 0 nitrogen and oxygen atoms in total. The van der Waals surface area contributed by atoms with E-state index in [4.69, 9.17) is 0 Å². The fourth-order valence-corrected chi connectivity index (χ4v) is 1.56. The van der Waals surface area contributed by atoms with E-state index in [1.807, 2.05) is 6.92 Å². The van der Waals surface area contributed by atoms with Gasteiger partial charge in [-0.2, -0.15) is 0 Å². The average Bonchev–Trinajstić information content (AvgIpc) is 2.33. The smallest absolute Gasteiger partial charge is 0.0442 e. The van der Waals surface area contributed by atoms with E-state index in [1.165, 1.54) is 69.8 Å². The lowest BCUT2D eigenvalue weighted by atomic mass is 10.1. The molecule has 0 aromatic rings. The SMILES string of the molecule is CC=C(C)C.CCCCCCCCCCCC. The molecule has 0 aliphatic carbocycles. The van der Waals surface area contributed by atoms with E-state index in [1.54, 1.807) is 0 Å². The van der Waals surface area contributed by atoms with E-state index in [2.05, 4.69) is 33.8 Å². The molecule has 0 aliphatic rings. The monoisotopic (exact) mass is 240 g/mol. The van der Waals surface area contributed by atoms with Crippen molar-refractivity contribution in [2.75, 3.05) is 0 Å². The van der Waals surface area contributed by atoms with E-state index in [0.717, 1.165) is 0 Å². The van der Waals surface area contributed by atoms with Gasteiger partial charge in [0, 0.05) is 0 Å². The second-order valence-electron chi connectivity index (χ2n) is 5.19. The molecule has 0 aromatic carbocycles. The van der Waals surface area contributed by atoms with Gasteiger partial charge in [0.05, 0.1) is 0 Å². The molecule has 0 heteroatoms. The third-order valence-electron chi connectivity index (χ3n) is 3.03. The van der Waals surface area contributed by atoms with Crippen molar-refractivity contribution in [1.82, 2.24) is 0 Å². The highest BCUT2D eigenvalue weighted by atomic mass is 14.0. The number of hydrogen-bond donors (Lipinski definition) is 0. The van der Waals surface area contributed by atoms with Crippen LogP contribution in [0.15, 0.2) is 11.6 Å². The molecule has 0 saturated heterocycles. The summed E-state index contributed by atoms with van der Waals surface area (Å²) in [6.45, 7) is 10.8. The van der Waals surface area contributed by atoms with Crippen LogP contribution in [0.3, 0.4) is 0 Å². The number of unbranched alkanes of at least 4 members (excludes halogenated alkanes) is 9. The second kappa shape index (κ2) is 18.1. The summed E-state index contributed by atoms with van der Waals surface area (Å²) in [5.41, 5.74) is 1.38. The quantitative estimate of drug-likeness (QED) is 0.304. The molecule has 0 saturated carbocycles. The standard InChI is InChI=1S/C12H26.C5H10/c1-3-5-7-9-11-12-10-8-6-4-2;1-4-5(2)3/h3-12H2,1-2H3;4H,1-3H3. The van der Waals surface area contributed by atoms with Gasteiger partial charge in [-0.25, -0.2) is 0 Å². The maximum absolute atomic E-state index is 2.28. The molecule has 0 bridgehead atoms. The summed E-state index contributed by atoms with van der Waals surface area (Å²) in [6, 6.07) is 0. The highest BCUT2D eigenvalue weighted by Gasteiger charge is 1.90. The molecular formula is C17H36. The van der Waals surface area contributed by atoms with Gasteiger partial charge < -0.3 is 0 Å². The van der Waals surface area contributed by atoms with E-state index in [0.29, 0.717) is 0 Å². The summed E-state index contributed by atoms with van der Waals surface area (Å²) in [5, 5.41) is 0. The fraction of sp³-hybridized carbons (Fsp3) is 0.882. The van der Waals surface area contributed by atoms with Gasteiger partial charge in [-0.3, -0.25) is 0 Å². The van der Waals surface area contributed by atoms with Gasteiger partial charge in [0.2, 0.25) is 0 Å². The molecule has 0 radical (unpaired) electrons. The van der Waals surface area contributed by atoms with Crippen LogP contribution in [0.5, 0.6) is 0 Å². The van der Waals surface area contributed by atoms with Gasteiger partial charge in [-0.1, -0.05) is 89.7 Å². The summed E-state index contributed by atoms with van der Waals surface area (Å²) in [4.78, 5) is 0. The number of allylic oxidation sites excluding steroid dienone is 2. The van der Waals surface area contributed by atoms with Crippen molar-refractivity contribution in [2.45, 2.75) is 98.8 Å². The van der Waals surface area contributed by atoms with Crippen LogP contribution in [-0.2, 0) is 0 Å². The van der Waals surface area contributed by atoms with Gasteiger partial charge >= 0.3 is 0 Å². The summed E-state index contributed by atoms with van der Waals surface area (Å²) in [7, 11) is 0. The largest absolute Gasteiger partial charge is 0.0890 e. The molecule has 0 heterocycles. The van der Waals surface area contributed by atoms with E-state index < -0.39 is 0 Å². The summed E-state index contributed by atoms with van der Waals surface area (Å²) >= 11 is 0. The Kier molecular flexibility index (Phi) is 20.3. The fourth-order valence-electron chi connectivity index (χ4n) is 1.56. The molecule has 0 aromatic heterocycles. The van der Waals surface area contributed by atoms with Crippen molar-refractivity contribution < 1.29 is 0 Å². The van der Waals surface area contributed by atoms with E-state index in [9.17, 15) is 0 Å². The maximum atomic E-state index is 2.28. The highest BCUT2D eigenvalue weighted by molar-refractivity contribution is 4.88. The molecule has 0 atom stereocenters. The molecule has 0 fully saturated rings. The molecule has 17 heavy (non-hydrogen) atoms. The first-order valence-electron chi connectivity index (χ1n) is 7.78. The Hall–Kier alpha value is -0.260. The number of hydrogen-bond acceptors (Lipinski definition) is 0. The predicted molar refractivity (Wildman–Crippen MR) is 82.6 cm³/mol. The van der Waals surface area contributed by atoms with Crippen LogP contribution in [0.4, 0.5) is 0 Å². The number of rotatable bonds is 9. The van der Waals surface area contributed by atoms with Crippen LogP contribution in [0, 0.1) is 0 Å². The minimum Gasteiger partial charge on any atom is -0.0890 e. The summed E-state index contributed by atoms with van der Waals surface area (Å²) in [6.07, 6.45) is 16.5. The summed E-state index contributed by atoms with van der Waals surface area (Å²) < 4.78 is 0. The van der Waals surface area contributed by atoms with Crippen molar-refractivity contribution in [1.29, 1.82) is 0 Å². The van der Waals surface area contributed by atoms with Crippen LogP contribution in [-0.4, -0.2) is 0 Å². The van der Waals surface area contributed by atoms with Crippen molar-refractivity contribution in [2.24, 2.45) is 0 Å². The van der Waals surface area contributed by atoms with Gasteiger partial charge in [-0.05, 0) is 20.8 Å². The maximum Gasteiger partial charge on any atom is -0.0442 e. The zero-order valence-corrected chi connectivity index (χ0v) is 13.1. The lowest BCUT2D eigenvalue weighted by Crippen LogP contribution is -1.80. The van der Waals surface area contributed by atoms with Crippen molar-refractivity contribution in [3.8, 4) is 0 Å².